The molecular formula is C16H26N2O2. The lowest BCUT2D eigenvalue weighted by atomic mass is 10.2. The Morgan fingerprint density at radius 1 is 1.20 bits per heavy atom. The van der Waals surface area contributed by atoms with Gasteiger partial charge in [0.1, 0.15) is 5.75 Å². The first-order valence-corrected chi connectivity index (χ1v) is 7.41. The molecule has 0 aromatic heterocycles. The van der Waals surface area contributed by atoms with Crippen LogP contribution in [-0.2, 0) is 4.79 Å². The van der Waals surface area contributed by atoms with Crippen LogP contribution in [0.4, 0.5) is 5.69 Å². The van der Waals surface area contributed by atoms with Crippen molar-refractivity contribution < 1.29 is 9.53 Å². The van der Waals surface area contributed by atoms with Crippen molar-refractivity contribution in [3.05, 3.63) is 24.3 Å². The molecule has 0 saturated heterocycles. The lowest BCUT2D eigenvalue weighted by Crippen LogP contribution is -2.36. The Labute approximate surface area is 121 Å². The summed E-state index contributed by atoms with van der Waals surface area (Å²) in [4.78, 5) is 11.7. The van der Waals surface area contributed by atoms with Gasteiger partial charge in [-0.15, -0.1) is 0 Å². The highest BCUT2D eigenvalue weighted by Crippen LogP contribution is 2.15. The third-order valence-corrected chi connectivity index (χ3v) is 2.91. The van der Waals surface area contributed by atoms with E-state index in [-0.39, 0.29) is 11.9 Å². The first-order valence-electron chi connectivity index (χ1n) is 7.41. The van der Waals surface area contributed by atoms with Gasteiger partial charge in [-0.3, -0.25) is 4.79 Å². The minimum Gasteiger partial charge on any atom is -0.494 e. The van der Waals surface area contributed by atoms with Gasteiger partial charge in [0, 0.05) is 11.7 Å². The van der Waals surface area contributed by atoms with E-state index < -0.39 is 0 Å². The molecule has 0 radical (unpaired) electrons. The summed E-state index contributed by atoms with van der Waals surface area (Å²) in [6.45, 7) is 7.24. The Morgan fingerprint density at radius 3 is 2.50 bits per heavy atom. The Balaban J connectivity index is 2.32. The number of hydrogen-bond acceptors (Lipinski definition) is 3. The first kappa shape index (κ1) is 16.3. The summed E-state index contributed by atoms with van der Waals surface area (Å²) in [5, 5.41) is 6.07. The van der Waals surface area contributed by atoms with Crippen molar-refractivity contribution in [2.24, 2.45) is 0 Å². The fourth-order valence-corrected chi connectivity index (χ4v) is 1.90. The highest BCUT2D eigenvalue weighted by atomic mass is 16.5. The number of amides is 1. The molecule has 1 amide bonds. The van der Waals surface area contributed by atoms with Gasteiger partial charge in [-0.05, 0) is 44.0 Å². The van der Waals surface area contributed by atoms with E-state index in [2.05, 4.69) is 24.5 Å². The lowest BCUT2D eigenvalue weighted by Gasteiger charge is -2.13. The van der Waals surface area contributed by atoms with Crippen molar-refractivity contribution in [2.45, 2.75) is 46.1 Å². The van der Waals surface area contributed by atoms with Crippen LogP contribution in [0.25, 0.3) is 0 Å². The average molecular weight is 278 g/mol. The molecule has 112 valence electrons. The predicted octanol–water partition coefficient (Wildman–Crippen LogP) is 3.19. The van der Waals surface area contributed by atoms with E-state index in [1.54, 1.807) is 0 Å². The van der Waals surface area contributed by atoms with Crippen molar-refractivity contribution >= 4 is 11.6 Å². The molecule has 1 aromatic rings. The maximum Gasteiger partial charge on any atom is 0.239 e. The maximum atomic E-state index is 11.7. The zero-order valence-electron chi connectivity index (χ0n) is 12.7. The summed E-state index contributed by atoms with van der Waals surface area (Å²) in [6, 6.07) is 7.91. The Hall–Kier alpha value is -1.71. The van der Waals surface area contributed by atoms with E-state index in [4.69, 9.17) is 4.74 Å². The zero-order chi connectivity index (χ0) is 14.8. The van der Waals surface area contributed by atoms with Crippen LogP contribution >= 0.6 is 0 Å². The molecule has 4 nitrogen and oxygen atoms in total. The van der Waals surface area contributed by atoms with Gasteiger partial charge < -0.3 is 15.4 Å². The number of ether oxygens (including phenoxy) is 1. The van der Waals surface area contributed by atoms with E-state index in [0.717, 1.165) is 37.3 Å². The number of rotatable bonds is 9. The highest BCUT2D eigenvalue weighted by Gasteiger charge is 2.05. The molecule has 1 atom stereocenters. The van der Waals surface area contributed by atoms with Gasteiger partial charge in [0.25, 0.3) is 0 Å². The van der Waals surface area contributed by atoms with Crippen molar-refractivity contribution in [2.75, 3.05) is 18.5 Å². The molecule has 0 spiro atoms. The fraction of sp³-hybridized carbons (Fsp3) is 0.562. The number of carbonyl (C=O) groups excluding carboxylic acids is 1. The van der Waals surface area contributed by atoms with Gasteiger partial charge >= 0.3 is 0 Å². The molecule has 1 unspecified atom stereocenters. The summed E-state index contributed by atoms with van der Waals surface area (Å²) in [6.07, 6.45) is 3.08. The molecule has 4 heteroatoms. The summed E-state index contributed by atoms with van der Waals surface area (Å²) >= 11 is 0. The lowest BCUT2D eigenvalue weighted by molar-refractivity contribution is -0.120. The minimum absolute atomic E-state index is 0.0252. The summed E-state index contributed by atoms with van der Waals surface area (Å²) in [5.41, 5.74) is 0.923. The van der Waals surface area contributed by atoms with Crippen LogP contribution in [0, 0.1) is 0 Å². The Kier molecular flexibility index (Phi) is 7.55. The van der Waals surface area contributed by atoms with E-state index in [1.165, 1.54) is 0 Å². The largest absolute Gasteiger partial charge is 0.494 e. The van der Waals surface area contributed by atoms with E-state index in [0.29, 0.717) is 6.54 Å². The molecular weight excluding hydrogens is 252 g/mol. The van der Waals surface area contributed by atoms with Gasteiger partial charge in [0.05, 0.1) is 13.2 Å². The first-order chi connectivity index (χ1) is 9.65. The number of hydrogen-bond donors (Lipinski definition) is 2. The third-order valence-electron chi connectivity index (χ3n) is 2.91. The van der Waals surface area contributed by atoms with Gasteiger partial charge in [-0.25, -0.2) is 0 Å². The maximum absolute atomic E-state index is 11.7. The minimum atomic E-state index is 0.0252. The van der Waals surface area contributed by atoms with Gasteiger partial charge in [-0.1, -0.05) is 20.3 Å². The van der Waals surface area contributed by atoms with Gasteiger partial charge in [-0.2, -0.15) is 0 Å². The zero-order valence-corrected chi connectivity index (χ0v) is 12.7. The number of benzene rings is 1. The van der Waals surface area contributed by atoms with Crippen LogP contribution in [0.15, 0.2) is 24.3 Å². The van der Waals surface area contributed by atoms with Crippen molar-refractivity contribution in [1.29, 1.82) is 0 Å². The average Bonchev–Trinajstić information content (AvgIpc) is 2.44. The topological polar surface area (TPSA) is 50.4 Å². The quantitative estimate of drug-likeness (QED) is 0.729. The molecule has 20 heavy (non-hydrogen) atoms. The third kappa shape index (κ3) is 6.45. The molecule has 0 fully saturated rings. The standard InChI is InChI=1S/C16H26N2O2/c1-4-6-13(3)18-16(19)12-17-14-7-9-15(10-8-14)20-11-5-2/h7-10,13,17H,4-6,11-12H2,1-3H3,(H,18,19). The molecule has 0 saturated carbocycles. The molecule has 1 aromatic carbocycles. The second kappa shape index (κ2) is 9.23. The van der Waals surface area contributed by atoms with Crippen molar-refractivity contribution in [3.8, 4) is 5.75 Å². The van der Waals surface area contributed by atoms with E-state index in [1.807, 2.05) is 31.2 Å². The smallest absolute Gasteiger partial charge is 0.239 e. The van der Waals surface area contributed by atoms with Crippen LogP contribution in [0.3, 0.4) is 0 Å². The molecule has 0 bridgehead atoms. The number of anilines is 1. The SMILES string of the molecule is CCCOc1ccc(NCC(=O)NC(C)CCC)cc1. The summed E-state index contributed by atoms with van der Waals surface area (Å²) in [5.74, 6) is 0.885. The second-order valence-corrected chi connectivity index (χ2v) is 4.98. The van der Waals surface area contributed by atoms with Crippen LogP contribution in [0.1, 0.15) is 40.0 Å². The van der Waals surface area contributed by atoms with E-state index >= 15 is 0 Å². The van der Waals surface area contributed by atoms with Gasteiger partial charge in [0.2, 0.25) is 5.91 Å². The fourth-order valence-electron chi connectivity index (χ4n) is 1.90. The predicted molar refractivity (Wildman–Crippen MR) is 83.2 cm³/mol. The summed E-state index contributed by atoms with van der Waals surface area (Å²) < 4.78 is 5.51. The van der Waals surface area contributed by atoms with Crippen LogP contribution in [-0.4, -0.2) is 25.1 Å². The molecule has 0 heterocycles. The number of nitrogens with one attached hydrogen (secondary N) is 2. The molecule has 2 N–H and O–H groups in total. The van der Waals surface area contributed by atoms with Crippen molar-refractivity contribution in [3.63, 3.8) is 0 Å². The van der Waals surface area contributed by atoms with E-state index in [9.17, 15) is 4.79 Å². The Bertz CT molecular complexity index is 390. The molecule has 1 rings (SSSR count). The monoisotopic (exact) mass is 278 g/mol. The molecule has 0 aliphatic carbocycles. The number of carbonyl (C=O) groups is 1. The van der Waals surface area contributed by atoms with Crippen molar-refractivity contribution in [1.82, 2.24) is 5.32 Å². The van der Waals surface area contributed by atoms with Crippen LogP contribution < -0.4 is 15.4 Å². The van der Waals surface area contributed by atoms with Crippen LogP contribution in [0.5, 0.6) is 5.75 Å². The van der Waals surface area contributed by atoms with Crippen LogP contribution in [0.2, 0.25) is 0 Å². The summed E-state index contributed by atoms with van der Waals surface area (Å²) in [7, 11) is 0. The molecule has 0 aliphatic rings. The highest BCUT2D eigenvalue weighted by molar-refractivity contribution is 5.80. The molecule has 0 aliphatic heterocycles. The second-order valence-electron chi connectivity index (χ2n) is 4.98. The Morgan fingerprint density at radius 2 is 1.90 bits per heavy atom. The normalized spacial score (nSPS) is 11.8. The van der Waals surface area contributed by atoms with Gasteiger partial charge in [0.15, 0.2) is 0 Å².